The van der Waals surface area contributed by atoms with Crippen molar-refractivity contribution in [3.8, 4) is 0 Å². The Kier molecular flexibility index (Phi) is 4.90. The summed E-state index contributed by atoms with van der Waals surface area (Å²) in [5.41, 5.74) is -0.0172. The van der Waals surface area contributed by atoms with Crippen LogP contribution in [0.2, 0.25) is 0 Å². The van der Waals surface area contributed by atoms with Crippen LogP contribution >= 0.6 is 0 Å². The van der Waals surface area contributed by atoms with Crippen LogP contribution in [-0.2, 0) is 9.59 Å². The summed E-state index contributed by atoms with van der Waals surface area (Å²) in [6.07, 6.45) is 2.04. The normalized spacial score (nSPS) is 23.6. The Balaban J connectivity index is 2.76. The number of carboxylic acid groups (broad SMARTS) is 1. The minimum Gasteiger partial charge on any atom is -0.481 e. The van der Waals surface area contributed by atoms with Crippen LogP contribution in [0.5, 0.6) is 0 Å². The van der Waals surface area contributed by atoms with Gasteiger partial charge in [-0.15, -0.1) is 6.58 Å². The van der Waals surface area contributed by atoms with Gasteiger partial charge >= 0.3 is 5.97 Å². The van der Waals surface area contributed by atoms with E-state index in [2.05, 4.69) is 25.7 Å². The maximum Gasteiger partial charge on any atom is 0.303 e. The van der Waals surface area contributed by atoms with Crippen molar-refractivity contribution in [2.45, 2.75) is 32.7 Å². The Morgan fingerprint density at radius 1 is 1.67 bits per heavy atom. The molecule has 1 aliphatic rings. The Hall–Kier alpha value is -1.36. The van der Waals surface area contributed by atoms with Gasteiger partial charge in [-0.1, -0.05) is 19.9 Å². The standard InChI is InChI=1S/C13H22N2O3/c1-4-7-15-9-13(2,3)8-14-10(12(15)18)5-6-11(16)17/h4,10,14H,1,5-9H2,2-3H3,(H,16,17). The highest BCUT2D eigenvalue weighted by Gasteiger charge is 2.33. The Bertz CT molecular complexity index is 339. The summed E-state index contributed by atoms with van der Waals surface area (Å²) in [6, 6.07) is -0.400. The summed E-state index contributed by atoms with van der Waals surface area (Å²) < 4.78 is 0. The SMILES string of the molecule is C=CCN1CC(C)(C)CNC(CCC(=O)O)C1=O. The van der Waals surface area contributed by atoms with Crippen molar-refractivity contribution >= 4 is 11.9 Å². The van der Waals surface area contributed by atoms with Crippen molar-refractivity contribution in [1.82, 2.24) is 10.2 Å². The molecular weight excluding hydrogens is 232 g/mol. The fourth-order valence-electron chi connectivity index (χ4n) is 2.16. The number of carbonyl (C=O) groups is 2. The fourth-order valence-corrected chi connectivity index (χ4v) is 2.16. The molecule has 1 heterocycles. The fraction of sp³-hybridized carbons (Fsp3) is 0.692. The smallest absolute Gasteiger partial charge is 0.303 e. The number of nitrogens with one attached hydrogen (secondary N) is 1. The first kappa shape index (κ1) is 14.7. The van der Waals surface area contributed by atoms with Crippen LogP contribution in [0, 0.1) is 5.41 Å². The first-order chi connectivity index (χ1) is 8.35. The van der Waals surface area contributed by atoms with Crippen LogP contribution in [0.15, 0.2) is 12.7 Å². The monoisotopic (exact) mass is 254 g/mol. The minimum atomic E-state index is -0.872. The van der Waals surface area contributed by atoms with E-state index < -0.39 is 12.0 Å². The lowest BCUT2D eigenvalue weighted by Gasteiger charge is -2.28. The predicted octanol–water partition coefficient (Wildman–Crippen LogP) is 0.864. The van der Waals surface area contributed by atoms with Crippen LogP contribution in [-0.4, -0.2) is 47.6 Å². The highest BCUT2D eigenvalue weighted by Crippen LogP contribution is 2.21. The van der Waals surface area contributed by atoms with E-state index in [1.165, 1.54) is 0 Å². The van der Waals surface area contributed by atoms with Crippen molar-refractivity contribution in [3.63, 3.8) is 0 Å². The van der Waals surface area contributed by atoms with Gasteiger partial charge < -0.3 is 15.3 Å². The molecule has 102 valence electrons. The molecule has 0 saturated carbocycles. The largest absolute Gasteiger partial charge is 0.481 e. The molecule has 0 aromatic heterocycles. The van der Waals surface area contributed by atoms with Crippen LogP contribution in [0.25, 0.3) is 0 Å². The van der Waals surface area contributed by atoms with Crippen molar-refractivity contribution in [2.24, 2.45) is 5.41 Å². The van der Waals surface area contributed by atoms with E-state index in [4.69, 9.17) is 5.11 Å². The van der Waals surface area contributed by atoms with Gasteiger partial charge in [0.25, 0.3) is 0 Å². The first-order valence-corrected chi connectivity index (χ1v) is 6.20. The average Bonchev–Trinajstić information content (AvgIpc) is 2.36. The van der Waals surface area contributed by atoms with Gasteiger partial charge in [0, 0.05) is 26.1 Å². The molecule has 2 N–H and O–H groups in total. The first-order valence-electron chi connectivity index (χ1n) is 6.20. The second-order valence-corrected chi connectivity index (χ2v) is 5.54. The van der Waals surface area contributed by atoms with Crippen LogP contribution in [0.4, 0.5) is 0 Å². The summed E-state index contributed by atoms with van der Waals surface area (Å²) >= 11 is 0. The number of aliphatic carboxylic acids is 1. The van der Waals surface area contributed by atoms with Gasteiger partial charge in [0.15, 0.2) is 0 Å². The van der Waals surface area contributed by atoms with Crippen molar-refractivity contribution < 1.29 is 14.7 Å². The molecule has 0 spiro atoms. The maximum absolute atomic E-state index is 12.3. The highest BCUT2D eigenvalue weighted by molar-refractivity contribution is 5.83. The molecule has 0 aliphatic carbocycles. The van der Waals surface area contributed by atoms with E-state index >= 15 is 0 Å². The maximum atomic E-state index is 12.3. The number of hydrogen-bond donors (Lipinski definition) is 2. The average molecular weight is 254 g/mol. The van der Waals surface area contributed by atoms with Crippen molar-refractivity contribution in [3.05, 3.63) is 12.7 Å². The molecular formula is C13H22N2O3. The van der Waals surface area contributed by atoms with E-state index in [1.807, 2.05) is 0 Å². The van der Waals surface area contributed by atoms with E-state index in [-0.39, 0.29) is 17.7 Å². The molecule has 1 fully saturated rings. The molecule has 1 aliphatic heterocycles. The third-order valence-corrected chi connectivity index (χ3v) is 3.05. The number of carbonyl (C=O) groups excluding carboxylic acids is 1. The number of amides is 1. The second-order valence-electron chi connectivity index (χ2n) is 5.54. The van der Waals surface area contributed by atoms with Crippen molar-refractivity contribution in [1.29, 1.82) is 0 Å². The van der Waals surface area contributed by atoms with Gasteiger partial charge in [0.05, 0.1) is 6.04 Å². The van der Waals surface area contributed by atoms with Gasteiger partial charge in [-0.2, -0.15) is 0 Å². The Morgan fingerprint density at radius 3 is 2.89 bits per heavy atom. The second kappa shape index (κ2) is 6.00. The zero-order valence-electron chi connectivity index (χ0n) is 11.1. The zero-order chi connectivity index (χ0) is 13.8. The zero-order valence-corrected chi connectivity index (χ0v) is 11.1. The molecule has 5 nitrogen and oxygen atoms in total. The lowest BCUT2D eigenvalue weighted by atomic mass is 9.93. The molecule has 0 aromatic rings. The molecule has 1 atom stereocenters. The van der Waals surface area contributed by atoms with Crippen LogP contribution in [0.1, 0.15) is 26.7 Å². The molecule has 1 unspecified atom stereocenters. The lowest BCUT2D eigenvalue weighted by Crippen LogP contribution is -2.43. The third-order valence-electron chi connectivity index (χ3n) is 3.05. The molecule has 5 heteroatoms. The Labute approximate surface area is 108 Å². The summed E-state index contributed by atoms with van der Waals surface area (Å²) in [5, 5.41) is 11.9. The summed E-state index contributed by atoms with van der Waals surface area (Å²) in [4.78, 5) is 24.6. The van der Waals surface area contributed by atoms with E-state index in [0.717, 1.165) is 0 Å². The lowest BCUT2D eigenvalue weighted by molar-refractivity contribution is -0.137. The quantitative estimate of drug-likeness (QED) is 0.714. The van der Waals surface area contributed by atoms with Gasteiger partial charge in [-0.05, 0) is 11.8 Å². The minimum absolute atomic E-state index is 0.00572. The van der Waals surface area contributed by atoms with Gasteiger partial charge in [0.2, 0.25) is 5.91 Å². The molecule has 18 heavy (non-hydrogen) atoms. The number of nitrogens with zero attached hydrogens (tertiary/aromatic N) is 1. The summed E-state index contributed by atoms with van der Waals surface area (Å²) in [7, 11) is 0. The van der Waals surface area contributed by atoms with Gasteiger partial charge in [-0.25, -0.2) is 0 Å². The molecule has 1 saturated heterocycles. The van der Waals surface area contributed by atoms with Gasteiger partial charge in [-0.3, -0.25) is 9.59 Å². The third kappa shape index (κ3) is 4.14. The molecule has 0 aromatic carbocycles. The van der Waals surface area contributed by atoms with Crippen LogP contribution in [0.3, 0.4) is 0 Å². The predicted molar refractivity (Wildman–Crippen MR) is 69.2 cm³/mol. The molecule has 0 radical (unpaired) electrons. The Morgan fingerprint density at radius 2 is 2.33 bits per heavy atom. The summed E-state index contributed by atoms with van der Waals surface area (Å²) in [5.74, 6) is -0.898. The molecule has 1 rings (SSSR count). The van der Waals surface area contributed by atoms with E-state index in [1.54, 1.807) is 11.0 Å². The van der Waals surface area contributed by atoms with E-state index in [0.29, 0.717) is 26.1 Å². The number of carboxylic acids is 1. The van der Waals surface area contributed by atoms with Crippen molar-refractivity contribution in [2.75, 3.05) is 19.6 Å². The molecule has 1 amide bonds. The highest BCUT2D eigenvalue weighted by atomic mass is 16.4. The van der Waals surface area contributed by atoms with Crippen LogP contribution < -0.4 is 5.32 Å². The summed E-state index contributed by atoms with van der Waals surface area (Å²) in [6.45, 7) is 9.70. The number of rotatable bonds is 5. The van der Waals surface area contributed by atoms with E-state index in [9.17, 15) is 9.59 Å². The topological polar surface area (TPSA) is 69.6 Å². The number of hydrogen-bond acceptors (Lipinski definition) is 3. The molecule has 0 bridgehead atoms. The van der Waals surface area contributed by atoms with Gasteiger partial charge in [0.1, 0.15) is 0 Å².